The van der Waals surface area contributed by atoms with Gasteiger partial charge in [-0.05, 0) is 166 Å². The van der Waals surface area contributed by atoms with Gasteiger partial charge in [0.05, 0.1) is 30.9 Å². The number of anilines is 4. The number of rotatable bonds is 5. The summed E-state index contributed by atoms with van der Waals surface area (Å²) in [5.74, 6) is -0.0720. The van der Waals surface area contributed by atoms with E-state index in [0.717, 1.165) is 91.6 Å². The number of halogens is 1. The highest BCUT2D eigenvalue weighted by Crippen LogP contribution is 2.34. The van der Waals surface area contributed by atoms with Crippen molar-refractivity contribution in [2.45, 2.75) is 73.1 Å². The van der Waals surface area contributed by atoms with E-state index in [1.54, 1.807) is 42.9 Å². The fourth-order valence-electron chi connectivity index (χ4n) is 7.47. The lowest BCUT2D eigenvalue weighted by molar-refractivity contribution is 0.0592. The van der Waals surface area contributed by atoms with E-state index in [4.69, 9.17) is 26.2 Å². The van der Waals surface area contributed by atoms with Crippen LogP contribution in [0.3, 0.4) is 0 Å². The molecule has 1 N–H and O–H groups in total. The number of carboxylic acid groups (broad SMARTS) is 1. The van der Waals surface area contributed by atoms with Crippen LogP contribution in [0.1, 0.15) is 97.1 Å². The molecule has 0 saturated carbocycles. The van der Waals surface area contributed by atoms with Gasteiger partial charge in [0, 0.05) is 73.4 Å². The van der Waals surface area contributed by atoms with Gasteiger partial charge in [-0.1, -0.05) is 13.5 Å². The van der Waals surface area contributed by atoms with Gasteiger partial charge in [-0.25, -0.2) is 44.3 Å². The van der Waals surface area contributed by atoms with Crippen molar-refractivity contribution in [3.8, 4) is 0 Å². The molecule has 1 saturated heterocycles. The molecule has 0 unspecified atom stereocenters. The molecule has 15 nitrogen and oxygen atoms in total. The number of nitrogens with zero attached hydrogens (tertiary/aromatic N) is 8. The van der Waals surface area contributed by atoms with Crippen LogP contribution < -0.4 is 9.80 Å². The van der Waals surface area contributed by atoms with Crippen molar-refractivity contribution < 1.29 is 33.7 Å². The van der Waals surface area contributed by atoms with Crippen molar-refractivity contribution in [3.05, 3.63) is 153 Å². The zero-order valence-electron chi connectivity index (χ0n) is 37.3. The van der Waals surface area contributed by atoms with Gasteiger partial charge < -0.3 is 29.1 Å². The van der Waals surface area contributed by atoms with Crippen LogP contribution in [-0.2, 0) is 39.9 Å². The summed E-state index contributed by atoms with van der Waals surface area (Å²) in [6.45, 7) is 9.34. The van der Waals surface area contributed by atoms with Crippen LogP contribution in [0.4, 0.5) is 23.3 Å². The fraction of sp³-hybridized carbons (Fsp3) is 0.340. The molecule has 3 aliphatic heterocycles. The number of methoxy groups -OCH3 is 2. The number of hydrogen-bond acceptors (Lipinski definition) is 14. The first-order valence-electron chi connectivity index (χ1n) is 21.4. The Labute approximate surface area is 391 Å². The number of carbonyl (C=O) groups is 3. The lowest BCUT2D eigenvalue weighted by atomic mass is 10.1. The van der Waals surface area contributed by atoms with Gasteiger partial charge in [-0.3, -0.25) is 0 Å². The molecule has 4 aliphatic rings. The minimum absolute atomic E-state index is 0. The number of benzene rings is 3. The van der Waals surface area contributed by atoms with Crippen molar-refractivity contribution in [2.75, 3.05) is 50.3 Å². The molecule has 66 heavy (non-hydrogen) atoms. The summed E-state index contributed by atoms with van der Waals surface area (Å²) in [4.78, 5) is 62.8. The molecule has 0 spiro atoms. The molecule has 0 bridgehead atoms. The number of aryl methyl sites for hydroxylation is 5. The van der Waals surface area contributed by atoms with Gasteiger partial charge in [0.15, 0.2) is 0 Å². The Hall–Kier alpha value is -6.84. The van der Waals surface area contributed by atoms with Crippen LogP contribution in [0.15, 0.2) is 91.4 Å². The summed E-state index contributed by atoms with van der Waals surface area (Å²) in [6.07, 6.45) is 12.8. The summed E-state index contributed by atoms with van der Waals surface area (Å²) in [5, 5.41) is 9.31. The minimum atomic E-state index is -0.895. The van der Waals surface area contributed by atoms with Crippen molar-refractivity contribution in [1.29, 1.82) is 0 Å². The van der Waals surface area contributed by atoms with Crippen molar-refractivity contribution in [3.63, 3.8) is 0 Å². The zero-order valence-corrected chi connectivity index (χ0v) is 38.0. The largest absolute Gasteiger partial charge is 0.478 e. The number of fused-ring (bicyclic) bond motifs is 3. The number of carboxylic acids is 1. The second-order valence-electron chi connectivity index (χ2n) is 15.4. The molecule has 0 atom stereocenters. The van der Waals surface area contributed by atoms with E-state index in [0.29, 0.717) is 33.9 Å². The van der Waals surface area contributed by atoms with E-state index in [9.17, 15) is 14.4 Å². The van der Waals surface area contributed by atoms with Gasteiger partial charge in [0.2, 0.25) is 17.2 Å². The lowest BCUT2D eigenvalue weighted by Gasteiger charge is -2.17. The van der Waals surface area contributed by atoms with Gasteiger partial charge in [0.1, 0.15) is 0 Å². The monoisotopic (exact) mass is 916 g/mol. The van der Waals surface area contributed by atoms with Crippen LogP contribution in [0, 0.1) is 20.8 Å². The Balaban J connectivity index is 0.000000164. The van der Waals surface area contributed by atoms with Crippen molar-refractivity contribution >= 4 is 52.8 Å². The second-order valence-corrected chi connectivity index (χ2v) is 15.7. The Morgan fingerprint density at radius 2 is 1.03 bits per heavy atom. The van der Waals surface area contributed by atoms with Crippen molar-refractivity contribution in [2.24, 2.45) is 0 Å². The maximum Gasteiger partial charge on any atom is 0.337 e. The molecule has 1 fully saturated rings. The first-order valence-corrected chi connectivity index (χ1v) is 21.8. The number of aromatic nitrogens is 6. The Bertz CT molecular complexity index is 2580. The van der Waals surface area contributed by atoms with E-state index < -0.39 is 5.97 Å². The number of aromatic carboxylic acids is 1. The minimum Gasteiger partial charge on any atom is -0.478 e. The van der Waals surface area contributed by atoms with Gasteiger partial charge in [0.25, 0.3) is 0 Å². The third-order valence-electron chi connectivity index (χ3n) is 10.8. The Morgan fingerprint density at radius 1 is 0.576 bits per heavy atom. The summed E-state index contributed by atoms with van der Waals surface area (Å²) >= 11 is 5.42. The molecule has 10 rings (SSSR count). The highest BCUT2D eigenvalue weighted by Gasteiger charge is 2.25. The molecule has 16 heteroatoms. The van der Waals surface area contributed by atoms with Gasteiger partial charge >= 0.3 is 17.9 Å². The summed E-state index contributed by atoms with van der Waals surface area (Å²) in [7, 11) is 2.80. The molecular weight excluding hydrogens is 860 g/mol. The number of carbonyl (C=O) groups excluding carboxylic acids is 2. The van der Waals surface area contributed by atoms with Crippen LogP contribution in [0.2, 0.25) is 5.28 Å². The van der Waals surface area contributed by atoms with E-state index in [1.165, 1.54) is 44.6 Å². The molecule has 1 aliphatic carbocycles. The topological polar surface area (TPSA) is 183 Å². The molecule has 3 aromatic heterocycles. The molecule has 0 radical (unpaired) electrons. The Kier molecular flexibility index (Phi) is 18.6. The van der Waals surface area contributed by atoms with Gasteiger partial charge in [-0.15, -0.1) is 0 Å². The van der Waals surface area contributed by atoms with Crippen LogP contribution in [-0.4, -0.2) is 93.4 Å². The van der Waals surface area contributed by atoms with E-state index >= 15 is 0 Å². The fourth-order valence-corrected chi connectivity index (χ4v) is 7.66. The average Bonchev–Trinajstić information content (AvgIpc) is 4.17. The first kappa shape index (κ1) is 50.2. The average molecular weight is 918 g/mol. The van der Waals surface area contributed by atoms with E-state index in [-0.39, 0.29) is 19.4 Å². The molecule has 346 valence electrons. The van der Waals surface area contributed by atoms with Gasteiger partial charge in [-0.2, -0.15) is 0 Å². The third kappa shape index (κ3) is 13.6. The van der Waals surface area contributed by atoms with Crippen LogP contribution >= 0.6 is 11.6 Å². The van der Waals surface area contributed by atoms with E-state index in [1.807, 2.05) is 74.2 Å². The lowest BCUT2D eigenvalue weighted by Crippen LogP contribution is -2.16. The quantitative estimate of drug-likeness (QED) is 0.127. The molecule has 6 heterocycles. The second kappa shape index (κ2) is 24.4. The smallest absolute Gasteiger partial charge is 0.337 e. The number of esters is 2. The predicted octanol–water partition coefficient (Wildman–Crippen LogP) is 9.28. The standard InChI is InChI=1S/C15H15N3O2.C14H13N3O2.C11H12O2.C5H5ClN2.C4H8O.CH4/c1-10-5-7-16-15(17-10)18-8-6-11-9-12(14(19)20-2)3-4-13(11)18;1-9-4-6-15-14(16-9)17-7-5-10-8-11(13(18)19)2-3-12(10)17;1-13-11(12)10-6-5-8-3-2-4-9(8)7-10;1-4-2-3-7-5(6)8-4;1-2-4-5-3-1;/h3-5,7,9H,6,8H2,1-2H3;2-4,6,8H,5,7H2,1H3,(H,18,19);5-7H,2-4H2,1H3;2-3H,1H3;1-4H2;1H4. The molecule has 3 aromatic carbocycles. The maximum absolute atomic E-state index is 11.5. The first-order chi connectivity index (χ1) is 31.4. The predicted molar refractivity (Wildman–Crippen MR) is 255 cm³/mol. The molecular formula is C50H57ClN8O7. The molecule has 6 aromatic rings. The summed E-state index contributed by atoms with van der Waals surface area (Å²) in [5.41, 5.74) is 11.2. The normalized spacial score (nSPS) is 13.5. The SMILES string of the molecule is C.C1CCOC1.COC(=O)c1ccc2c(c1)CCC2.COC(=O)c1ccc2c(c1)CCN2c1nccc(C)n1.Cc1ccnc(Cl)n1.Cc1ccnc(N2CCc3cc(C(=O)O)ccc32)n1. The highest BCUT2D eigenvalue weighted by atomic mass is 35.5. The highest BCUT2D eigenvalue weighted by molar-refractivity contribution is 6.28. The Morgan fingerprint density at radius 3 is 1.47 bits per heavy atom. The van der Waals surface area contributed by atoms with Crippen LogP contribution in [0.25, 0.3) is 0 Å². The number of hydrogen-bond donors (Lipinski definition) is 1. The third-order valence-corrected chi connectivity index (χ3v) is 11.0. The zero-order chi connectivity index (χ0) is 46.3. The maximum atomic E-state index is 11.5. The summed E-state index contributed by atoms with van der Waals surface area (Å²) in [6, 6.07) is 22.1. The molecule has 0 amide bonds. The van der Waals surface area contributed by atoms with Crippen LogP contribution in [0.5, 0.6) is 0 Å². The number of ether oxygens (including phenoxy) is 3. The van der Waals surface area contributed by atoms with E-state index in [2.05, 4.69) is 39.5 Å². The van der Waals surface area contributed by atoms with Crippen molar-refractivity contribution in [1.82, 2.24) is 29.9 Å². The summed E-state index contributed by atoms with van der Waals surface area (Å²) < 4.78 is 14.3.